The number of ether oxygens (including phenoxy) is 1. The summed E-state index contributed by atoms with van der Waals surface area (Å²) < 4.78 is 6.22. The number of carbonyl (C=O) groups is 1. The van der Waals surface area contributed by atoms with Crippen LogP contribution in [0.25, 0.3) is 5.57 Å². The Morgan fingerprint density at radius 2 is 2.04 bits per heavy atom. The van der Waals surface area contributed by atoms with Gasteiger partial charge in [-0.3, -0.25) is 0 Å². The zero-order valence-electron chi connectivity index (χ0n) is 15.1. The van der Waals surface area contributed by atoms with Gasteiger partial charge in [-0.25, -0.2) is 4.79 Å². The SMILES string of the molecule is COC(=O)c1sc(I)cc1C1=C(C2CCC3(CC2)CC3)CCN(C)C1. The van der Waals surface area contributed by atoms with Gasteiger partial charge in [0.15, 0.2) is 0 Å². The molecule has 0 N–H and O–H groups in total. The maximum atomic E-state index is 12.3. The number of thiophene rings is 1. The normalized spacial score (nSPS) is 24.0. The minimum Gasteiger partial charge on any atom is -0.465 e. The molecule has 2 aliphatic carbocycles. The molecule has 1 aromatic heterocycles. The molecule has 5 heteroatoms. The summed E-state index contributed by atoms with van der Waals surface area (Å²) in [5.74, 6) is 0.529. The number of hydrogen-bond donors (Lipinski definition) is 0. The Morgan fingerprint density at radius 1 is 1.32 bits per heavy atom. The van der Waals surface area contributed by atoms with E-state index >= 15 is 0 Å². The Morgan fingerprint density at radius 3 is 2.68 bits per heavy atom. The van der Waals surface area contributed by atoms with E-state index in [9.17, 15) is 4.79 Å². The van der Waals surface area contributed by atoms with E-state index in [1.165, 1.54) is 51.2 Å². The second-order valence-electron chi connectivity index (χ2n) is 8.05. The molecular weight excluding hydrogens is 445 g/mol. The molecule has 2 fully saturated rings. The highest BCUT2D eigenvalue weighted by atomic mass is 127. The summed E-state index contributed by atoms with van der Waals surface area (Å²) >= 11 is 3.89. The summed E-state index contributed by atoms with van der Waals surface area (Å²) in [6, 6.07) is 2.19. The van der Waals surface area contributed by atoms with Crippen molar-refractivity contribution in [1.82, 2.24) is 4.90 Å². The minimum atomic E-state index is -0.191. The van der Waals surface area contributed by atoms with E-state index in [1.807, 2.05) is 0 Å². The molecule has 0 atom stereocenters. The number of rotatable bonds is 3. The second kappa shape index (κ2) is 6.97. The fraction of sp³-hybridized carbons (Fsp3) is 0.650. The van der Waals surface area contributed by atoms with Crippen LogP contribution in [-0.2, 0) is 4.74 Å². The minimum absolute atomic E-state index is 0.191. The van der Waals surface area contributed by atoms with Crippen LogP contribution >= 0.6 is 33.9 Å². The predicted octanol–water partition coefficient (Wildman–Crippen LogP) is 5.20. The van der Waals surface area contributed by atoms with Gasteiger partial charge in [-0.05, 0) is 97.6 Å². The number of nitrogens with zero attached hydrogens (tertiary/aromatic N) is 1. The lowest BCUT2D eigenvalue weighted by molar-refractivity contribution is 0.0606. The third-order valence-electron chi connectivity index (χ3n) is 6.47. The van der Waals surface area contributed by atoms with Crippen LogP contribution in [0.5, 0.6) is 0 Å². The van der Waals surface area contributed by atoms with Gasteiger partial charge >= 0.3 is 5.97 Å². The van der Waals surface area contributed by atoms with Gasteiger partial charge in [0.2, 0.25) is 0 Å². The maximum absolute atomic E-state index is 12.3. The second-order valence-corrected chi connectivity index (χ2v) is 11.0. The molecule has 25 heavy (non-hydrogen) atoms. The third-order valence-corrected chi connectivity index (χ3v) is 8.35. The Bertz CT molecular complexity index is 709. The predicted molar refractivity (Wildman–Crippen MR) is 111 cm³/mol. The van der Waals surface area contributed by atoms with Crippen LogP contribution in [0.3, 0.4) is 0 Å². The maximum Gasteiger partial charge on any atom is 0.348 e. The molecule has 1 spiro atoms. The highest BCUT2D eigenvalue weighted by molar-refractivity contribution is 14.1. The van der Waals surface area contributed by atoms with Crippen molar-refractivity contribution >= 4 is 45.5 Å². The molecule has 0 radical (unpaired) electrons. The molecule has 0 bridgehead atoms. The van der Waals surface area contributed by atoms with Gasteiger partial charge in [0.1, 0.15) is 4.88 Å². The average Bonchev–Trinajstić information content (AvgIpc) is 3.25. The van der Waals surface area contributed by atoms with Gasteiger partial charge in [-0.1, -0.05) is 5.57 Å². The molecule has 2 heterocycles. The Hall–Kier alpha value is -0.400. The van der Waals surface area contributed by atoms with Gasteiger partial charge in [-0.2, -0.15) is 0 Å². The molecule has 0 saturated heterocycles. The van der Waals surface area contributed by atoms with Crippen molar-refractivity contribution in [2.24, 2.45) is 11.3 Å². The average molecular weight is 471 g/mol. The van der Waals surface area contributed by atoms with E-state index in [-0.39, 0.29) is 5.97 Å². The summed E-state index contributed by atoms with van der Waals surface area (Å²) in [6.45, 7) is 2.09. The topological polar surface area (TPSA) is 29.5 Å². The highest BCUT2D eigenvalue weighted by Gasteiger charge is 2.45. The lowest BCUT2D eigenvalue weighted by Gasteiger charge is -2.36. The van der Waals surface area contributed by atoms with Gasteiger partial charge in [0.05, 0.1) is 9.99 Å². The van der Waals surface area contributed by atoms with E-state index in [2.05, 4.69) is 40.6 Å². The number of carbonyl (C=O) groups excluding carboxylic acids is 1. The number of hydrogen-bond acceptors (Lipinski definition) is 4. The smallest absolute Gasteiger partial charge is 0.348 e. The van der Waals surface area contributed by atoms with E-state index in [4.69, 9.17) is 4.74 Å². The number of methoxy groups -OCH3 is 1. The molecule has 2 saturated carbocycles. The first-order valence-electron chi connectivity index (χ1n) is 9.30. The zero-order chi connectivity index (χ0) is 17.6. The van der Waals surface area contributed by atoms with Crippen molar-refractivity contribution in [1.29, 1.82) is 0 Å². The summed E-state index contributed by atoms with van der Waals surface area (Å²) in [7, 11) is 3.67. The van der Waals surface area contributed by atoms with Crippen molar-refractivity contribution in [2.75, 3.05) is 27.2 Å². The Labute approximate surface area is 168 Å². The van der Waals surface area contributed by atoms with Gasteiger partial charge in [0.25, 0.3) is 0 Å². The largest absolute Gasteiger partial charge is 0.465 e. The van der Waals surface area contributed by atoms with Crippen LogP contribution < -0.4 is 0 Å². The van der Waals surface area contributed by atoms with Crippen LogP contribution in [-0.4, -0.2) is 38.1 Å². The molecule has 136 valence electrons. The van der Waals surface area contributed by atoms with E-state index in [0.29, 0.717) is 0 Å². The van der Waals surface area contributed by atoms with Crippen molar-refractivity contribution < 1.29 is 9.53 Å². The first kappa shape index (κ1) is 18.0. The summed E-state index contributed by atoms with van der Waals surface area (Å²) in [5.41, 5.74) is 4.91. The first-order valence-corrected chi connectivity index (χ1v) is 11.2. The summed E-state index contributed by atoms with van der Waals surface area (Å²) in [4.78, 5) is 15.5. The molecule has 0 unspecified atom stereocenters. The molecule has 1 aromatic rings. The van der Waals surface area contributed by atoms with Crippen LogP contribution in [0.4, 0.5) is 0 Å². The quantitative estimate of drug-likeness (QED) is 0.449. The fourth-order valence-corrected chi connectivity index (χ4v) is 6.51. The van der Waals surface area contributed by atoms with E-state index < -0.39 is 0 Å². The number of halogens is 1. The molecular formula is C20H26INO2S. The zero-order valence-corrected chi connectivity index (χ0v) is 18.0. The number of likely N-dealkylation sites (N-methyl/N-ethyl adjacent to an activating group) is 1. The summed E-state index contributed by atoms with van der Waals surface area (Å²) in [6.07, 6.45) is 9.59. The van der Waals surface area contributed by atoms with Crippen molar-refractivity contribution in [3.63, 3.8) is 0 Å². The van der Waals surface area contributed by atoms with Crippen molar-refractivity contribution in [3.8, 4) is 0 Å². The molecule has 1 aliphatic heterocycles. The Kier molecular flexibility index (Phi) is 5.01. The van der Waals surface area contributed by atoms with E-state index in [0.717, 1.165) is 44.2 Å². The van der Waals surface area contributed by atoms with Gasteiger partial charge in [0, 0.05) is 18.7 Å². The Balaban J connectivity index is 1.70. The van der Waals surface area contributed by atoms with Gasteiger partial charge < -0.3 is 9.64 Å². The van der Waals surface area contributed by atoms with E-state index in [1.54, 1.807) is 16.9 Å². The third kappa shape index (κ3) is 3.56. The lowest BCUT2D eigenvalue weighted by atomic mass is 9.73. The monoisotopic (exact) mass is 471 g/mol. The van der Waals surface area contributed by atoms with Crippen molar-refractivity contribution in [3.05, 3.63) is 25.0 Å². The molecule has 4 rings (SSSR count). The van der Waals surface area contributed by atoms with Crippen LogP contribution in [0.1, 0.15) is 60.2 Å². The van der Waals surface area contributed by atoms with Crippen LogP contribution in [0, 0.1) is 14.2 Å². The van der Waals surface area contributed by atoms with Crippen LogP contribution in [0.15, 0.2) is 11.6 Å². The molecule has 3 nitrogen and oxygen atoms in total. The lowest BCUT2D eigenvalue weighted by Crippen LogP contribution is -2.31. The fourth-order valence-electron chi connectivity index (χ4n) is 4.71. The molecule has 0 amide bonds. The summed E-state index contributed by atoms with van der Waals surface area (Å²) in [5, 5.41) is 0. The van der Waals surface area contributed by atoms with Crippen molar-refractivity contribution in [2.45, 2.75) is 44.9 Å². The number of esters is 1. The first-order chi connectivity index (χ1) is 12.0. The highest BCUT2D eigenvalue weighted by Crippen LogP contribution is 2.58. The molecule has 0 aromatic carbocycles. The van der Waals surface area contributed by atoms with Crippen LogP contribution in [0.2, 0.25) is 0 Å². The van der Waals surface area contributed by atoms with Gasteiger partial charge in [-0.15, -0.1) is 11.3 Å². The molecule has 3 aliphatic rings. The standard InChI is InChI=1S/C20H26INO2S/c1-22-10-5-14(13-3-6-20(7-4-13)8-9-20)16(12-22)15-11-17(21)25-18(15)19(23)24-2/h11,13H,3-10,12H2,1-2H3.